The molecule has 0 amide bonds. The second-order valence-corrected chi connectivity index (χ2v) is 5.86. The van der Waals surface area contributed by atoms with Crippen LogP contribution in [0.3, 0.4) is 0 Å². The van der Waals surface area contributed by atoms with E-state index in [1.807, 2.05) is 36.6 Å². The predicted molar refractivity (Wildman–Crippen MR) is 71.7 cm³/mol. The second kappa shape index (κ2) is 5.75. The van der Waals surface area contributed by atoms with Crippen molar-refractivity contribution in [1.82, 2.24) is 14.7 Å². The maximum absolute atomic E-state index is 10.9. The molecule has 18 heavy (non-hydrogen) atoms. The summed E-state index contributed by atoms with van der Waals surface area (Å²) in [5, 5.41) is 13.3. The van der Waals surface area contributed by atoms with Crippen LogP contribution in [-0.4, -0.2) is 49.8 Å². The molecule has 1 aliphatic heterocycles. The molecule has 1 unspecified atom stereocenters. The average molecular weight is 269 g/mol. The topological polar surface area (TPSA) is 58.4 Å². The van der Waals surface area contributed by atoms with E-state index in [1.54, 1.807) is 0 Å². The third-order valence-electron chi connectivity index (χ3n) is 3.25. The summed E-state index contributed by atoms with van der Waals surface area (Å²) < 4.78 is 1.82. The van der Waals surface area contributed by atoms with Gasteiger partial charge in [0, 0.05) is 49.4 Å². The van der Waals surface area contributed by atoms with Crippen molar-refractivity contribution in [3.05, 3.63) is 17.5 Å². The Kier molecular flexibility index (Phi) is 4.29. The number of aromatic nitrogens is 2. The molecule has 100 valence electrons. The van der Waals surface area contributed by atoms with Gasteiger partial charge < -0.3 is 5.11 Å². The van der Waals surface area contributed by atoms with Crippen LogP contribution in [0, 0.1) is 6.92 Å². The van der Waals surface area contributed by atoms with Crippen LogP contribution in [0.4, 0.5) is 0 Å². The Balaban J connectivity index is 2.05. The summed E-state index contributed by atoms with van der Waals surface area (Å²) in [6, 6.07) is 0.140. The number of carbonyl (C=O) groups is 1. The lowest BCUT2D eigenvalue weighted by Gasteiger charge is -2.34. The van der Waals surface area contributed by atoms with E-state index in [4.69, 9.17) is 5.11 Å². The van der Waals surface area contributed by atoms with Crippen LogP contribution in [0.5, 0.6) is 0 Å². The number of hydrogen-bond acceptors (Lipinski definition) is 4. The Hall–Kier alpha value is -1.01. The molecular weight excluding hydrogens is 250 g/mol. The van der Waals surface area contributed by atoms with Crippen molar-refractivity contribution in [3.8, 4) is 0 Å². The lowest BCUT2D eigenvalue weighted by molar-refractivity contribution is -0.138. The number of carboxylic acids is 1. The van der Waals surface area contributed by atoms with Gasteiger partial charge in [-0.05, 0) is 6.92 Å². The molecule has 0 aromatic carbocycles. The quantitative estimate of drug-likeness (QED) is 0.887. The van der Waals surface area contributed by atoms with Gasteiger partial charge in [0.1, 0.15) is 0 Å². The van der Waals surface area contributed by atoms with Crippen molar-refractivity contribution >= 4 is 17.7 Å². The number of aliphatic carboxylic acids is 1. The molecule has 1 atom stereocenters. The minimum atomic E-state index is -0.713. The van der Waals surface area contributed by atoms with Crippen LogP contribution in [-0.2, 0) is 18.4 Å². The maximum Gasteiger partial charge on any atom is 0.304 e. The van der Waals surface area contributed by atoms with E-state index in [0.717, 1.165) is 30.3 Å². The first kappa shape index (κ1) is 13.4. The van der Waals surface area contributed by atoms with Gasteiger partial charge in [-0.3, -0.25) is 14.4 Å². The van der Waals surface area contributed by atoms with E-state index >= 15 is 0 Å². The molecule has 0 bridgehead atoms. The first-order valence-corrected chi connectivity index (χ1v) is 7.24. The van der Waals surface area contributed by atoms with Gasteiger partial charge in [0.2, 0.25) is 0 Å². The van der Waals surface area contributed by atoms with E-state index in [9.17, 15) is 4.79 Å². The molecule has 1 N–H and O–H groups in total. The normalized spacial score (nSPS) is 21.1. The SMILES string of the molecule is Cc1nn(C)cc1CN1CCSCC1CC(=O)O. The van der Waals surface area contributed by atoms with Gasteiger partial charge in [-0.2, -0.15) is 16.9 Å². The van der Waals surface area contributed by atoms with Crippen molar-refractivity contribution in [2.24, 2.45) is 7.05 Å². The molecule has 0 spiro atoms. The fourth-order valence-electron chi connectivity index (χ4n) is 2.31. The van der Waals surface area contributed by atoms with E-state index in [-0.39, 0.29) is 12.5 Å². The lowest BCUT2D eigenvalue weighted by Crippen LogP contribution is -2.43. The van der Waals surface area contributed by atoms with Crippen molar-refractivity contribution < 1.29 is 9.90 Å². The van der Waals surface area contributed by atoms with Crippen molar-refractivity contribution in [1.29, 1.82) is 0 Å². The molecular formula is C12H19N3O2S. The second-order valence-electron chi connectivity index (χ2n) is 4.71. The zero-order valence-corrected chi connectivity index (χ0v) is 11.6. The summed E-state index contributed by atoms with van der Waals surface area (Å²) >= 11 is 1.84. The average Bonchev–Trinajstić information content (AvgIpc) is 2.59. The predicted octanol–water partition coefficient (Wildman–Crippen LogP) is 1.12. The van der Waals surface area contributed by atoms with Crippen LogP contribution in [0.15, 0.2) is 6.20 Å². The molecule has 0 saturated carbocycles. The highest BCUT2D eigenvalue weighted by Crippen LogP contribution is 2.22. The number of rotatable bonds is 4. The number of hydrogen-bond donors (Lipinski definition) is 1. The van der Waals surface area contributed by atoms with E-state index in [0.29, 0.717) is 0 Å². The molecule has 1 fully saturated rings. The van der Waals surface area contributed by atoms with Gasteiger partial charge in [-0.25, -0.2) is 0 Å². The Bertz CT molecular complexity index is 433. The molecule has 0 radical (unpaired) electrons. The monoisotopic (exact) mass is 269 g/mol. The first-order valence-electron chi connectivity index (χ1n) is 6.09. The van der Waals surface area contributed by atoms with Crippen molar-refractivity contribution in [2.45, 2.75) is 25.9 Å². The summed E-state index contributed by atoms with van der Waals surface area (Å²) in [6.45, 7) is 3.76. The zero-order chi connectivity index (χ0) is 13.1. The van der Waals surface area contributed by atoms with Gasteiger partial charge in [-0.1, -0.05) is 0 Å². The summed E-state index contributed by atoms with van der Waals surface area (Å²) in [7, 11) is 1.91. The molecule has 1 aliphatic rings. The smallest absolute Gasteiger partial charge is 0.304 e. The Morgan fingerprint density at radius 1 is 1.67 bits per heavy atom. The third-order valence-corrected chi connectivity index (χ3v) is 4.34. The number of carboxylic acid groups (broad SMARTS) is 1. The molecule has 6 heteroatoms. The van der Waals surface area contributed by atoms with Crippen LogP contribution < -0.4 is 0 Å². The molecule has 1 saturated heterocycles. The largest absolute Gasteiger partial charge is 0.481 e. The molecule has 2 heterocycles. The maximum atomic E-state index is 10.9. The van der Waals surface area contributed by atoms with Gasteiger partial charge in [0.05, 0.1) is 12.1 Å². The summed E-state index contributed by atoms with van der Waals surface area (Å²) in [5.74, 6) is 1.27. The van der Waals surface area contributed by atoms with Gasteiger partial charge in [0.25, 0.3) is 0 Å². The van der Waals surface area contributed by atoms with Crippen molar-refractivity contribution in [2.75, 3.05) is 18.1 Å². The third kappa shape index (κ3) is 3.26. The van der Waals surface area contributed by atoms with Gasteiger partial charge >= 0.3 is 5.97 Å². The minimum Gasteiger partial charge on any atom is -0.481 e. The standard InChI is InChI=1S/C12H19N3O2S/c1-9-10(6-14(2)13-9)7-15-3-4-18-8-11(15)5-12(16)17/h6,11H,3-5,7-8H2,1-2H3,(H,16,17). The van der Waals surface area contributed by atoms with E-state index in [2.05, 4.69) is 10.00 Å². The summed E-state index contributed by atoms with van der Waals surface area (Å²) in [4.78, 5) is 13.2. The number of aryl methyl sites for hydroxylation is 2. The number of thioether (sulfide) groups is 1. The summed E-state index contributed by atoms with van der Waals surface area (Å²) in [6.07, 6.45) is 2.25. The van der Waals surface area contributed by atoms with E-state index in [1.165, 1.54) is 5.56 Å². The highest BCUT2D eigenvalue weighted by molar-refractivity contribution is 7.99. The molecule has 1 aromatic rings. The van der Waals surface area contributed by atoms with Crippen LogP contribution in [0.25, 0.3) is 0 Å². The van der Waals surface area contributed by atoms with Gasteiger partial charge in [-0.15, -0.1) is 0 Å². The number of nitrogens with zero attached hydrogens (tertiary/aromatic N) is 3. The Labute approximate surface area is 111 Å². The molecule has 0 aliphatic carbocycles. The lowest BCUT2D eigenvalue weighted by atomic mass is 10.1. The Morgan fingerprint density at radius 3 is 3.06 bits per heavy atom. The minimum absolute atomic E-state index is 0.140. The van der Waals surface area contributed by atoms with Crippen LogP contribution in [0.1, 0.15) is 17.7 Å². The van der Waals surface area contributed by atoms with Crippen molar-refractivity contribution in [3.63, 3.8) is 0 Å². The van der Waals surface area contributed by atoms with E-state index < -0.39 is 5.97 Å². The van der Waals surface area contributed by atoms with Gasteiger partial charge in [0.15, 0.2) is 0 Å². The summed E-state index contributed by atoms with van der Waals surface area (Å²) in [5.41, 5.74) is 2.23. The Morgan fingerprint density at radius 2 is 2.44 bits per heavy atom. The fourth-order valence-corrected chi connectivity index (χ4v) is 3.44. The molecule has 1 aromatic heterocycles. The first-order chi connectivity index (χ1) is 8.56. The van der Waals surface area contributed by atoms with Crippen LogP contribution in [0.2, 0.25) is 0 Å². The zero-order valence-electron chi connectivity index (χ0n) is 10.8. The fraction of sp³-hybridized carbons (Fsp3) is 0.667. The highest BCUT2D eigenvalue weighted by Gasteiger charge is 2.25. The molecule has 5 nitrogen and oxygen atoms in total. The van der Waals surface area contributed by atoms with Crippen LogP contribution >= 0.6 is 11.8 Å². The highest BCUT2D eigenvalue weighted by atomic mass is 32.2. The molecule has 2 rings (SSSR count).